The molecule has 0 aliphatic rings. The minimum absolute atomic E-state index is 0.129. The van der Waals surface area contributed by atoms with Crippen molar-refractivity contribution < 1.29 is 17.8 Å². The van der Waals surface area contributed by atoms with Gasteiger partial charge in [0.2, 0.25) is 0 Å². The molecule has 1 heterocycles. The summed E-state index contributed by atoms with van der Waals surface area (Å²) >= 11 is 0. The number of fused-ring (bicyclic) bond motifs is 1. The summed E-state index contributed by atoms with van der Waals surface area (Å²) in [5, 5.41) is 11.0. The van der Waals surface area contributed by atoms with Crippen LogP contribution in [0.1, 0.15) is 17.0 Å². The van der Waals surface area contributed by atoms with Gasteiger partial charge in [-0.1, -0.05) is 0 Å². The molecule has 1 N–H and O–H groups in total. The largest absolute Gasteiger partial charge is 0.441 e. The maximum absolute atomic E-state index is 12.7. The summed E-state index contributed by atoms with van der Waals surface area (Å²) in [4.78, 5) is 14.4. The average Bonchev–Trinajstić information content (AvgIpc) is 2.88. The Morgan fingerprint density at radius 3 is 2.56 bits per heavy atom. The van der Waals surface area contributed by atoms with E-state index in [1.807, 2.05) is 0 Å². The Morgan fingerprint density at radius 2 is 1.88 bits per heavy atom. The second kappa shape index (κ2) is 5.85. The molecule has 9 heteroatoms. The van der Waals surface area contributed by atoms with Gasteiger partial charge < -0.3 is 4.42 Å². The highest BCUT2D eigenvalue weighted by Gasteiger charge is 2.22. The number of hydrogen-bond donors (Lipinski definition) is 1. The molecule has 0 aliphatic carbocycles. The number of nitro benzene ring substituents is 1. The van der Waals surface area contributed by atoms with Gasteiger partial charge >= 0.3 is 0 Å². The topological polar surface area (TPSA) is 115 Å². The minimum Gasteiger partial charge on any atom is -0.441 e. The molecule has 0 amide bonds. The molecule has 0 spiro atoms. The first-order valence-corrected chi connectivity index (χ1v) is 8.81. The van der Waals surface area contributed by atoms with Crippen molar-refractivity contribution in [1.82, 2.24) is 4.98 Å². The van der Waals surface area contributed by atoms with Gasteiger partial charge in [0.1, 0.15) is 5.52 Å². The van der Waals surface area contributed by atoms with Gasteiger partial charge in [0.15, 0.2) is 11.5 Å². The van der Waals surface area contributed by atoms with Crippen LogP contribution in [0.4, 0.5) is 11.4 Å². The zero-order valence-corrected chi connectivity index (χ0v) is 14.5. The summed E-state index contributed by atoms with van der Waals surface area (Å²) in [5.74, 6) is 0.472. The van der Waals surface area contributed by atoms with Crippen molar-refractivity contribution in [3.8, 4) is 0 Å². The second-order valence-electron chi connectivity index (χ2n) is 5.66. The number of sulfonamides is 1. The molecule has 0 atom stereocenters. The molecule has 0 unspecified atom stereocenters. The maximum Gasteiger partial charge on any atom is 0.271 e. The highest BCUT2D eigenvalue weighted by Crippen LogP contribution is 2.28. The van der Waals surface area contributed by atoms with Crippen LogP contribution >= 0.6 is 0 Å². The van der Waals surface area contributed by atoms with Crippen LogP contribution in [0.2, 0.25) is 0 Å². The van der Waals surface area contributed by atoms with Gasteiger partial charge in [-0.2, -0.15) is 0 Å². The van der Waals surface area contributed by atoms with E-state index in [1.165, 1.54) is 6.07 Å². The van der Waals surface area contributed by atoms with Crippen LogP contribution in [0.5, 0.6) is 0 Å². The maximum atomic E-state index is 12.7. The first kappa shape index (κ1) is 16.9. The third-order valence-corrected chi connectivity index (χ3v) is 5.36. The van der Waals surface area contributed by atoms with E-state index in [0.717, 1.165) is 6.07 Å². The van der Waals surface area contributed by atoms with Crippen molar-refractivity contribution in [1.29, 1.82) is 0 Å². The monoisotopic (exact) mass is 361 g/mol. The third kappa shape index (κ3) is 3.18. The molecule has 25 heavy (non-hydrogen) atoms. The van der Waals surface area contributed by atoms with Crippen molar-refractivity contribution in [3.05, 3.63) is 57.5 Å². The highest BCUT2D eigenvalue weighted by molar-refractivity contribution is 7.92. The molecule has 0 saturated heterocycles. The fraction of sp³-hybridized carbons (Fsp3) is 0.188. The molecule has 8 nitrogen and oxygen atoms in total. The van der Waals surface area contributed by atoms with Gasteiger partial charge in [-0.15, -0.1) is 0 Å². The van der Waals surface area contributed by atoms with Crippen LogP contribution in [0.3, 0.4) is 0 Å². The highest BCUT2D eigenvalue weighted by atomic mass is 32.2. The molecule has 0 fully saturated rings. The lowest BCUT2D eigenvalue weighted by Crippen LogP contribution is -2.15. The predicted molar refractivity (Wildman–Crippen MR) is 92.1 cm³/mol. The fourth-order valence-corrected chi connectivity index (χ4v) is 3.90. The zero-order chi connectivity index (χ0) is 18.4. The SMILES string of the molecule is Cc1nc2cc(NS(=O)(=O)c3cc([N+](=O)[O-])cc(C)c3C)ccc2o1. The summed E-state index contributed by atoms with van der Waals surface area (Å²) < 4.78 is 33.2. The van der Waals surface area contributed by atoms with Crippen molar-refractivity contribution in [3.63, 3.8) is 0 Å². The van der Waals surface area contributed by atoms with Crippen LogP contribution in [-0.4, -0.2) is 18.3 Å². The standard InChI is InChI=1S/C16H15N3O5S/c1-9-6-13(19(20)21)8-16(10(9)2)25(22,23)18-12-4-5-15-14(7-12)17-11(3)24-15/h4-8,18H,1-3H3. The van der Waals surface area contributed by atoms with Gasteiger partial charge in [0, 0.05) is 19.1 Å². The fourth-order valence-electron chi connectivity index (χ4n) is 2.51. The number of nitrogens with one attached hydrogen (secondary N) is 1. The summed E-state index contributed by atoms with van der Waals surface area (Å²) in [5.41, 5.74) is 2.07. The van der Waals surface area contributed by atoms with Crippen molar-refractivity contribution in [2.24, 2.45) is 0 Å². The smallest absolute Gasteiger partial charge is 0.271 e. The number of nitro groups is 1. The normalized spacial score (nSPS) is 11.6. The second-order valence-corrected chi connectivity index (χ2v) is 7.31. The minimum atomic E-state index is -4.00. The molecule has 130 valence electrons. The Morgan fingerprint density at radius 1 is 1.16 bits per heavy atom. The number of benzene rings is 2. The van der Waals surface area contributed by atoms with Crippen LogP contribution in [0, 0.1) is 30.9 Å². The number of non-ortho nitro benzene ring substituents is 1. The number of rotatable bonds is 4. The quantitative estimate of drug-likeness (QED) is 0.562. The number of nitrogens with zero attached hydrogens (tertiary/aromatic N) is 2. The number of oxazole rings is 1. The molecule has 3 aromatic rings. The van der Waals surface area contributed by atoms with Crippen LogP contribution in [0.25, 0.3) is 11.1 Å². The molecule has 3 rings (SSSR count). The van der Waals surface area contributed by atoms with Gasteiger partial charge in [-0.3, -0.25) is 14.8 Å². The van der Waals surface area contributed by atoms with Crippen molar-refractivity contribution in [2.45, 2.75) is 25.7 Å². The first-order valence-electron chi connectivity index (χ1n) is 7.33. The van der Waals surface area contributed by atoms with Crippen molar-refractivity contribution >= 4 is 32.5 Å². The third-order valence-electron chi connectivity index (χ3n) is 3.85. The van der Waals surface area contributed by atoms with E-state index in [-0.39, 0.29) is 10.6 Å². The van der Waals surface area contributed by atoms with E-state index in [1.54, 1.807) is 39.0 Å². The Balaban J connectivity index is 2.05. The number of aryl methyl sites for hydroxylation is 2. The van der Waals surface area contributed by atoms with Gasteiger partial charge in [0.25, 0.3) is 15.7 Å². The number of aromatic nitrogens is 1. The van der Waals surface area contributed by atoms with E-state index >= 15 is 0 Å². The molecule has 1 aromatic heterocycles. The van der Waals surface area contributed by atoms with Gasteiger partial charge in [0.05, 0.1) is 15.5 Å². The van der Waals surface area contributed by atoms with E-state index in [9.17, 15) is 18.5 Å². The van der Waals surface area contributed by atoms with E-state index in [2.05, 4.69) is 9.71 Å². The molecule has 0 bridgehead atoms. The molecule has 0 saturated carbocycles. The van der Waals surface area contributed by atoms with Crippen LogP contribution < -0.4 is 4.72 Å². The summed E-state index contributed by atoms with van der Waals surface area (Å²) in [6, 6.07) is 7.10. The zero-order valence-electron chi connectivity index (χ0n) is 13.7. The van der Waals surface area contributed by atoms with E-state index in [0.29, 0.717) is 33.8 Å². The molecule has 0 aliphatic heterocycles. The summed E-state index contributed by atoms with van der Waals surface area (Å²) in [7, 11) is -4.00. The summed E-state index contributed by atoms with van der Waals surface area (Å²) in [6.45, 7) is 4.93. The Labute approximate surface area is 143 Å². The number of anilines is 1. The predicted octanol–water partition coefficient (Wildman–Crippen LogP) is 3.46. The Bertz CT molecular complexity index is 1100. The van der Waals surface area contributed by atoms with Crippen LogP contribution in [0.15, 0.2) is 39.6 Å². The van der Waals surface area contributed by atoms with Gasteiger partial charge in [-0.25, -0.2) is 13.4 Å². The van der Waals surface area contributed by atoms with Crippen LogP contribution in [-0.2, 0) is 10.0 Å². The number of hydrogen-bond acceptors (Lipinski definition) is 6. The molecular weight excluding hydrogens is 346 g/mol. The molecule has 2 aromatic carbocycles. The lowest BCUT2D eigenvalue weighted by atomic mass is 10.1. The van der Waals surface area contributed by atoms with Gasteiger partial charge in [-0.05, 0) is 43.2 Å². The molecule has 0 radical (unpaired) electrons. The average molecular weight is 361 g/mol. The first-order chi connectivity index (χ1) is 11.7. The van der Waals surface area contributed by atoms with Crippen molar-refractivity contribution in [2.75, 3.05) is 4.72 Å². The Kier molecular flexibility index (Phi) is 3.96. The summed E-state index contributed by atoms with van der Waals surface area (Å²) in [6.07, 6.45) is 0. The lowest BCUT2D eigenvalue weighted by molar-refractivity contribution is -0.385. The van der Waals surface area contributed by atoms with E-state index in [4.69, 9.17) is 4.42 Å². The molecular formula is C16H15N3O5S. The Hall–Kier alpha value is -2.94. The van der Waals surface area contributed by atoms with E-state index < -0.39 is 14.9 Å². The lowest BCUT2D eigenvalue weighted by Gasteiger charge is -2.12.